The van der Waals surface area contributed by atoms with Crippen molar-refractivity contribution in [3.05, 3.63) is 99.5 Å². The monoisotopic (exact) mass is 634 g/mol. The molecule has 8 atom stereocenters. The largest absolute Gasteiger partial charge is 0.393 e. The number of nitrogens with zero attached hydrogens (tertiary/aromatic N) is 2. The van der Waals surface area contributed by atoms with Gasteiger partial charge in [0.25, 0.3) is 0 Å². The van der Waals surface area contributed by atoms with Crippen LogP contribution in [0.25, 0.3) is 0 Å². The molecule has 46 heavy (non-hydrogen) atoms. The Hall–Kier alpha value is -3.53. The van der Waals surface area contributed by atoms with Crippen LogP contribution in [0.2, 0.25) is 5.02 Å². The number of anilines is 1. The predicted octanol–water partition coefficient (Wildman–Crippen LogP) is 7.25. The molecular weight excluding hydrogens is 592 g/mol. The summed E-state index contributed by atoms with van der Waals surface area (Å²) in [5.41, 5.74) is 11.1. The molecule has 3 saturated carbocycles. The normalized spacial score (nSPS) is 37.8. The third kappa shape index (κ3) is 4.07. The van der Waals surface area contributed by atoms with Crippen LogP contribution >= 0.6 is 11.6 Å². The molecule has 0 saturated heterocycles. The van der Waals surface area contributed by atoms with Gasteiger partial charge in [-0.2, -0.15) is 5.26 Å². The summed E-state index contributed by atoms with van der Waals surface area (Å²) in [6.45, 7) is 5.32. The van der Waals surface area contributed by atoms with E-state index in [9.17, 15) is 15.2 Å². The van der Waals surface area contributed by atoms with Crippen molar-refractivity contribution in [2.75, 3.05) is 4.90 Å². The molecule has 7 heteroatoms. The van der Waals surface area contributed by atoms with Crippen LogP contribution in [-0.2, 0) is 16.8 Å². The Morgan fingerprint density at radius 1 is 1.07 bits per heavy atom. The van der Waals surface area contributed by atoms with Gasteiger partial charge in [-0.1, -0.05) is 67.4 Å². The van der Waals surface area contributed by atoms with Crippen molar-refractivity contribution in [3.63, 3.8) is 0 Å². The van der Waals surface area contributed by atoms with E-state index in [-0.39, 0.29) is 40.2 Å². The van der Waals surface area contributed by atoms with Gasteiger partial charge in [0, 0.05) is 27.9 Å². The highest BCUT2D eigenvalue weighted by Crippen LogP contribution is 2.67. The van der Waals surface area contributed by atoms with Crippen molar-refractivity contribution < 1.29 is 9.90 Å². The molecule has 2 heterocycles. The van der Waals surface area contributed by atoms with Gasteiger partial charge in [-0.25, -0.2) is 0 Å². The second kappa shape index (κ2) is 10.5. The number of dihydropyridines is 1. The summed E-state index contributed by atoms with van der Waals surface area (Å²) in [7, 11) is 0. The average Bonchev–Trinajstić information content (AvgIpc) is 3.51. The van der Waals surface area contributed by atoms with Crippen molar-refractivity contribution in [1.29, 1.82) is 5.26 Å². The maximum Gasteiger partial charge on any atom is 0.247 e. The van der Waals surface area contributed by atoms with Gasteiger partial charge in [-0.3, -0.25) is 4.79 Å². The number of aliphatic hydroxyl groups is 1. The van der Waals surface area contributed by atoms with Crippen LogP contribution in [0.5, 0.6) is 0 Å². The standard InChI is InChI=1S/C39H43ClN4O2/c1-37-17-15-26(45)19-24(37)9-12-27-28-13-14-30(38(28,2)18-16-29(27)37)33-20-39(32(21-41)35(42)43-33)31-5-3-4-6-34(31)44(36(39)46)22-23-7-10-25(40)11-8-23/h3-11,20,26-30,43,45H,12-19,22,42H2,1-2H3/t26-,27-,28-,29-,30+,37-,38-,39?/m0/s1. The van der Waals surface area contributed by atoms with Gasteiger partial charge in [0.15, 0.2) is 0 Å². The molecule has 4 N–H and O–H groups in total. The van der Waals surface area contributed by atoms with Crippen LogP contribution in [0.1, 0.15) is 76.3 Å². The summed E-state index contributed by atoms with van der Waals surface area (Å²) in [4.78, 5) is 16.6. The number of nitrogens with two attached hydrogens (primary N) is 1. The number of carbonyl (C=O) groups excluding carboxylic acids is 1. The van der Waals surface area contributed by atoms with Crippen molar-refractivity contribution in [2.45, 2.75) is 83.3 Å². The second-order valence-electron chi connectivity index (χ2n) is 15.3. The highest BCUT2D eigenvalue weighted by Gasteiger charge is 2.61. The number of nitriles is 1. The molecule has 0 radical (unpaired) electrons. The van der Waals surface area contributed by atoms with Gasteiger partial charge in [0.1, 0.15) is 17.3 Å². The zero-order valence-corrected chi connectivity index (χ0v) is 27.5. The van der Waals surface area contributed by atoms with Crippen LogP contribution < -0.4 is 16.0 Å². The lowest BCUT2D eigenvalue weighted by Crippen LogP contribution is -2.51. The summed E-state index contributed by atoms with van der Waals surface area (Å²) < 4.78 is 0. The summed E-state index contributed by atoms with van der Waals surface area (Å²) >= 11 is 6.16. The zero-order chi connectivity index (χ0) is 32.0. The minimum Gasteiger partial charge on any atom is -0.393 e. The maximum absolute atomic E-state index is 14.8. The number of para-hydroxylation sites is 1. The number of benzene rings is 2. The van der Waals surface area contributed by atoms with Gasteiger partial charge >= 0.3 is 0 Å². The first-order valence-corrected chi connectivity index (χ1v) is 17.4. The molecule has 8 rings (SSSR count). The summed E-state index contributed by atoms with van der Waals surface area (Å²) in [6, 6.07) is 17.8. The second-order valence-corrected chi connectivity index (χ2v) is 15.7. The van der Waals surface area contributed by atoms with E-state index < -0.39 is 5.41 Å². The Labute approximate surface area is 277 Å². The van der Waals surface area contributed by atoms with Crippen molar-refractivity contribution >= 4 is 23.2 Å². The molecule has 238 valence electrons. The lowest BCUT2D eigenvalue weighted by molar-refractivity contribution is -0.120. The first kappa shape index (κ1) is 29.8. The molecular formula is C39H43ClN4O2. The van der Waals surface area contributed by atoms with E-state index in [4.69, 9.17) is 17.3 Å². The minimum absolute atomic E-state index is 0.0612. The van der Waals surface area contributed by atoms with E-state index in [0.717, 1.165) is 67.5 Å². The van der Waals surface area contributed by atoms with E-state index in [2.05, 4.69) is 37.4 Å². The highest BCUT2D eigenvalue weighted by atomic mass is 35.5. The lowest BCUT2D eigenvalue weighted by Gasteiger charge is -2.58. The molecule has 3 fully saturated rings. The number of hydrogen-bond acceptors (Lipinski definition) is 5. The summed E-state index contributed by atoms with van der Waals surface area (Å²) in [5, 5.41) is 25.1. The number of rotatable bonds is 3. The maximum atomic E-state index is 14.8. The first-order chi connectivity index (χ1) is 22.1. The fraction of sp³-hybridized carbons (Fsp3) is 0.487. The number of carbonyl (C=O) groups is 1. The SMILES string of the molecule is C[C@]12CC[C@H]3[C@@H](CC=C4C[C@@H](O)CC[C@@]43C)[C@@H]1CC[C@@H]2C1=CC2(C(=O)N(Cc3ccc(Cl)cc3)c3ccccc32)C(C#N)=C(N)N1. The minimum atomic E-state index is -1.27. The Morgan fingerprint density at radius 2 is 1.85 bits per heavy atom. The summed E-state index contributed by atoms with van der Waals surface area (Å²) in [5.74, 6) is 2.21. The van der Waals surface area contributed by atoms with E-state index in [1.165, 1.54) is 12.0 Å². The molecule has 6 nitrogen and oxygen atoms in total. The fourth-order valence-corrected chi connectivity index (χ4v) is 11.2. The Kier molecular flexibility index (Phi) is 6.81. The number of nitrogens with one attached hydrogen (secondary N) is 1. The average molecular weight is 635 g/mol. The highest BCUT2D eigenvalue weighted by molar-refractivity contribution is 6.30. The van der Waals surface area contributed by atoms with Crippen molar-refractivity contribution in [3.8, 4) is 6.07 Å². The number of amides is 1. The van der Waals surface area contributed by atoms with E-state index in [1.807, 2.05) is 48.5 Å². The Balaban J connectivity index is 1.17. The van der Waals surface area contributed by atoms with Gasteiger partial charge in [0.2, 0.25) is 5.91 Å². The fourth-order valence-electron chi connectivity index (χ4n) is 11.1. The quantitative estimate of drug-likeness (QED) is 0.309. The van der Waals surface area contributed by atoms with E-state index >= 15 is 0 Å². The Bertz CT molecular complexity index is 1760. The lowest BCUT2D eigenvalue weighted by atomic mass is 9.47. The first-order valence-electron chi connectivity index (χ1n) is 17.0. The van der Waals surface area contributed by atoms with Gasteiger partial charge in [-0.15, -0.1) is 0 Å². The summed E-state index contributed by atoms with van der Waals surface area (Å²) in [6.07, 6.45) is 12.8. The Morgan fingerprint density at radius 3 is 2.63 bits per heavy atom. The molecule has 1 unspecified atom stereocenters. The molecule has 2 aromatic rings. The van der Waals surface area contributed by atoms with E-state index in [0.29, 0.717) is 29.3 Å². The zero-order valence-electron chi connectivity index (χ0n) is 26.7. The third-order valence-electron chi connectivity index (χ3n) is 13.3. The van der Waals surface area contributed by atoms with Crippen LogP contribution in [0.15, 0.2) is 83.3 Å². The van der Waals surface area contributed by atoms with Crippen LogP contribution in [0.3, 0.4) is 0 Å². The number of halogens is 1. The number of fused-ring (bicyclic) bond motifs is 7. The third-order valence-corrected chi connectivity index (χ3v) is 13.6. The number of allylic oxidation sites excluding steroid dienone is 2. The van der Waals surface area contributed by atoms with Gasteiger partial charge in [0.05, 0.1) is 18.2 Å². The van der Waals surface area contributed by atoms with E-state index in [1.54, 1.807) is 4.90 Å². The van der Waals surface area contributed by atoms with Crippen LogP contribution in [0.4, 0.5) is 5.69 Å². The number of hydrogen-bond donors (Lipinski definition) is 3. The smallest absolute Gasteiger partial charge is 0.247 e. The van der Waals surface area contributed by atoms with Gasteiger partial charge in [-0.05, 0) is 110 Å². The molecule has 1 amide bonds. The molecule has 0 bridgehead atoms. The molecule has 1 spiro atoms. The predicted molar refractivity (Wildman–Crippen MR) is 180 cm³/mol. The molecule has 4 aliphatic carbocycles. The van der Waals surface area contributed by atoms with Gasteiger partial charge < -0.3 is 21.1 Å². The van der Waals surface area contributed by atoms with Crippen molar-refractivity contribution in [2.24, 2.45) is 40.2 Å². The van der Waals surface area contributed by atoms with Crippen LogP contribution in [0, 0.1) is 45.8 Å². The topological polar surface area (TPSA) is 102 Å². The van der Waals surface area contributed by atoms with Crippen molar-refractivity contribution in [1.82, 2.24) is 5.32 Å². The van der Waals surface area contributed by atoms with Crippen LogP contribution in [-0.4, -0.2) is 17.1 Å². The molecule has 2 aromatic carbocycles. The molecule has 2 aliphatic heterocycles. The molecule has 6 aliphatic rings. The number of aliphatic hydroxyl groups excluding tert-OH is 1. The molecule has 0 aromatic heterocycles.